The smallest absolute Gasteiger partial charge is 0.222 e. The quantitative estimate of drug-likeness (QED) is 0.890. The molecule has 0 fully saturated rings. The van der Waals surface area contributed by atoms with Crippen LogP contribution in [0.2, 0.25) is 0 Å². The van der Waals surface area contributed by atoms with E-state index >= 15 is 0 Å². The third-order valence-corrected chi connectivity index (χ3v) is 2.83. The van der Waals surface area contributed by atoms with Gasteiger partial charge in [0.2, 0.25) is 5.91 Å². The van der Waals surface area contributed by atoms with E-state index in [0.29, 0.717) is 13.0 Å². The van der Waals surface area contributed by atoms with Gasteiger partial charge in [-0.2, -0.15) is 5.26 Å². The maximum Gasteiger partial charge on any atom is 0.222 e. The highest BCUT2D eigenvalue weighted by Gasteiger charge is 2.07. The fourth-order valence-corrected chi connectivity index (χ4v) is 1.90. The molecule has 2 aromatic rings. The molecular formula is C14H15N3O. The molecule has 0 bridgehead atoms. The standard InChI is InChI=1S/C14H15N3O/c1-11(10-15)16-14(18)7-9-17-8-6-12-4-2-3-5-13(12)17/h2-6,8,11H,7,9H2,1H3,(H,16,18)/t11-/m0/s1. The Morgan fingerprint density at radius 1 is 1.44 bits per heavy atom. The number of rotatable bonds is 4. The summed E-state index contributed by atoms with van der Waals surface area (Å²) < 4.78 is 2.05. The topological polar surface area (TPSA) is 57.8 Å². The van der Waals surface area contributed by atoms with E-state index in [4.69, 9.17) is 5.26 Å². The van der Waals surface area contributed by atoms with Gasteiger partial charge in [0.05, 0.1) is 6.07 Å². The zero-order chi connectivity index (χ0) is 13.0. The zero-order valence-electron chi connectivity index (χ0n) is 10.3. The molecule has 18 heavy (non-hydrogen) atoms. The number of carbonyl (C=O) groups excluding carboxylic acids is 1. The van der Waals surface area contributed by atoms with Crippen molar-refractivity contribution >= 4 is 16.8 Å². The second kappa shape index (κ2) is 5.37. The van der Waals surface area contributed by atoms with Crippen LogP contribution in [0.5, 0.6) is 0 Å². The Labute approximate surface area is 106 Å². The number of hydrogen-bond acceptors (Lipinski definition) is 2. The van der Waals surface area contributed by atoms with Crippen LogP contribution in [0.25, 0.3) is 10.9 Å². The number of hydrogen-bond donors (Lipinski definition) is 1. The minimum Gasteiger partial charge on any atom is -0.347 e. The van der Waals surface area contributed by atoms with Crippen molar-refractivity contribution in [1.82, 2.24) is 9.88 Å². The highest BCUT2D eigenvalue weighted by molar-refractivity contribution is 5.80. The lowest BCUT2D eigenvalue weighted by Gasteiger charge is -2.08. The maximum atomic E-state index is 11.6. The molecule has 4 nitrogen and oxygen atoms in total. The van der Waals surface area contributed by atoms with Gasteiger partial charge >= 0.3 is 0 Å². The Balaban J connectivity index is 1.99. The van der Waals surface area contributed by atoms with Gasteiger partial charge in [0.15, 0.2) is 0 Å². The Kier molecular flexibility index (Phi) is 3.63. The van der Waals surface area contributed by atoms with Crippen LogP contribution in [-0.2, 0) is 11.3 Å². The maximum absolute atomic E-state index is 11.6. The van der Waals surface area contributed by atoms with E-state index < -0.39 is 6.04 Å². The average molecular weight is 241 g/mol. The summed E-state index contributed by atoms with van der Waals surface area (Å²) >= 11 is 0. The molecule has 1 atom stereocenters. The number of amides is 1. The summed E-state index contributed by atoms with van der Waals surface area (Å²) in [7, 11) is 0. The van der Waals surface area contributed by atoms with Crippen molar-refractivity contribution in [2.45, 2.75) is 25.9 Å². The number of nitrogens with one attached hydrogen (secondary N) is 1. The second-order valence-electron chi connectivity index (χ2n) is 4.24. The molecule has 1 aromatic carbocycles. The molecule has 1 aromatic heterocycles. The third-order valence-electron chi connectivity index (χ3n) is 2.83. The highest BCUT2D eigenvalue weighted by Crippen LogP contribution is 2.15. The summed E-state index contributed by atoms with van der Waals surface area (Å²) in [5.41, 5.74) is 1.12. The van der Waals surface area contributed by atoms with E-state index in [1.807, 2.05) is 47.2 Å². The molecule has 0 saturated carbocycles. The van der Waals surface area contributed by atoms with Crippen molar-refractivity contribution in [1.29, 1.82) is 5.26 Å². The molecule has 1 N–H and O–H groups in total. The van der Waals surface area contributed by atoms with Gasteiger partial charge in [-0.25, -0.2) is 0 Å². The van der Waals surface area contributed by atoms with Gasteiger partial charge in [-0.15, -0.1) is 0 Å². The fraction of sp³-hybridized carbons (Fsp3) is 0.286. The summed E-state index contributed by atoms with van der Waals surface area (Å²) in [6.45, 7) is 2.29. The number of nitrogens with zero attached hydrogens (tertiary/aromatic N) is 2. The van der Waals surface area contributed by atoms with Gasteiger partial charge < -0.3 is 9.88 Å². The third kappa shape index (κ3) is 2.69. The monoisotopic (exact) mass is 241 g/mol. The first-order chi connectivity index (χ1) is 8.70. The summed E-state index contributed by atoms with van der Waals surface area (Å²) in [6.07, 6.45) is 2.36. The lowest BCUT2D eigenvalue weighted by Crippen LogP contribution is -2.31. The van der Waals surface area contributed by atoms with Crippen LogP contribution in [0.3, 0.4) is 0 Å². The van der Waals surface area contributed by atoms with Crippen LogP contribution in [0, 0.1) is 11.3 Å². The first-order valence-electron chi connectivity index (χ1n) is 5.93. The number of nitriles is 1. The molecule has 0 aliphatic rings. The normalized spacial score (nSPS) is 12.0. The minimum absolute atomic E-state index is 0.0955. The summed E-state index contributed by atoms with van der Waals surface area (Å²) in [4.78, 5) is 11.6. The predicted molar refractivity (Wildman–Crippen MR) is 69.8 cm³/mol. The molecular weight excluding hydrogens is 226 g/mol. The zero-order valence-corrected chi connectivity index (χ0v) is 10.3. The van der Waals surface area contributed by atoms with Crippen molar-refractivity contribution < 1.29 is 4.79 Å². The lowest BCUT2D eigenvalue weighted by atomic mass is 10.2. The van der Waals surface area contributed by atoms with Gasteiger partial charge in [-0.05, 0) is 24.4 Å². The van der Waals surface area contributed by atoms with Gasteiger partial charge in [0, 0.05) is 24.7 Å². The van der Waals surface area contributed by atoms with E-state index in [2.05, 4.69) is 5.32 Å². The number of carbonyl (C=O) groups is 1. The number of benzene rings is 1. The first-order valence-corrected chi connectivity index (χ1v) is 5.93. The second-order valence-corrected chi connectivity index (χ2v) is 4.24. The van der Waals surface area contributed by atoms with Crippen molar-refractivity contribution in [3.63, 3.8) is 0 Å². The molecule has 0 aliphatic carbocycles. The fourth-order valence-electron chi connectivity index (χ4n) is 1.90. The molecule has 1 amide bonds. The molecule has 0 saturated heterocycles. The van der Waals surface area contributed by atoms with Crippen molar-refractivity contribution in [2.75, 3.05) is 0 Å². The number of aryl methyl sites for hydroxylation is 1. The molecule has 0 aliphatic heterocycles. The average Bonchev–Trinajstić information content (AvgIpc) is 2.79. The van der Waals surface area contributed by atoms with Gasteiger partial charge in [0.25, 0.3) is 0 Å². The predicted octanol–water partition coefficient (Wildman–Crippen LogP) is 2.06. The summed E-state index contributed by atoms with van der Waals surface area (Å²) in [6, 6.07) is 11.6. The molecule has 4 heteroatoms. The Morgan fingerprint density at radius 2 is 2.22 bits per heavy atom. The van der Waals surface area contributed by atoms with Crippen LogP contribution in [-0.4, -0.2) is 16.5 Å². The lowest BCUT2D eigenvalue weighted by molar-refractivity contribution is -0.121. The first kappa shape index (κ1) is 12.2. The van der Waals surface area contributed by atoms with Gasteiger partial charge in [-0.1, -0.05) is 18.2 Å². The molecule has 0 unspecified atom stereocenters. The number of fused-ring (bicyclic) bond motifs is 1. The highest BCUT2D eigenvalue weighted by atomic mass is 16.1. The Bertz CT molecular complexity index is 594. The summed E-state index contributed by atoms with van der Waals surface area (Å²) in [5, 5.41) is 12.4. The Morgan fingerprint density at radius 3 is 3.00 bits per heavy atom. The Hall–Kier alpha value is -2.28. The molecule has 1 heterocycles. The largest absolute Gasteiger partial charge is 0.347 e. The van der Waals surface area contributed by atoms with Crippen LogP contribution in [0.1, 0.15) is 13.3 Å². The van der Waals surface area contributed by atoms with Crippen molar-refractivity contribution in [3.8, 4) is 6.07 Å². The number of para-hydroxylation sites is 1. The SMILES string of the molecule is C[C@@H](C#N)NC(=O)CCn1ccc2ccccc21. The van der Waals surface area contributed by atoms with Crippen molar-refractivity contribution in [2.24, 2.45) is 0 Å². The molecule has 92 valence electrons. The molecule has 0 radical (unpaired) electrons. The minimum atomic E-state index is -0.432. The van der Waals surface area contributed by atoms with E-state index in [-0.39, 0.29) is 5.91 Å². The summed E-state index contributed by atoms with van der Waals surface area (Å²) in [5.74, 6) is -0.0955. The van der Waals surface area contributed by atoms with Gasteiger partial charge in [0.1, 0.15) is 6.04 Å². The van der Waals surface area contributed by atoms with E-state index in [1.54, 1.807) is 6.92 Å². The van der Waals surface area contributed by atoms with E-state index in [9.17, 15) is 4.79 Å². The van der Waals surface area contributed by atoms with Crippen molar-refractivity contribution in [3.05, 3.63) is 36.5 Å². The van der Waals surface area contributed by atoms with Crippen LogP contribution in [0.15, 0.2) is 36.5 Å². The van der Waals surface area contributed by atoms with E-state index in [0.717, 1.165) is 5.52 Å². The van der Waals surface area contributed by atoms with Crippen LogP contribution >= 0.6 is 0 Å². The number of aromatic nitrogens is 1. The molecule has 2 rings (SSSR count). The molecule has 0 spiro atoms. The van der Waals surface area contributed by atoms with Crippen LogP contribution < -0.4 is 5.32 Å². The van der Waals surface area contributed by atoms with E-state index in [1.165, 1.54) is 5.39 Å². The van der Waals surface area contributed by atoms with Gasteiger partial charge in [-0.3, -0.25) is 4.79 Å². The van der Waals surface area contributed by atoms with Crippen LogP contribution in [0.4, 0.5) is 0 Å².